The summed E-state index contributed by atoms with van der Waals surface area (Å²) < 4.78 is 0. The highest BCUT2D eigenvalue weighted by molar-refractivity contribution is 5.98. The lowest BCUT2D eigenvalue weighted by atomic mass is 10.1. The molecule has 2 heterocycles. The van der Waals surface area contributed by atoms with Gasteiger partial charge in [-0.1, -0.05) is 29.8 Å². The van der Waals surface area contributed by atoms with E-state index in [1.54, 1.807) is 9.80 Å². The number of para-hydroxylation sites is 1. The molecule has 1 aromatic carbocycles. The van der Waals surface area contributed by atoms with Crippen LogP contribution in [0.15, 0.2) is 42.0 Å². The summed E-state index contributed by atoms with van der Waals surface area (Å²) >= 11 is 0. The molecule has 28 heavy (non-hydrogen) atoms. The monoisotopic (exact) mass is 384 g/mol. The van der Waals surface area contributed by atoms with E-state index >= 15 is 0 Å². The van der Waals surface area contributed by atoms with E-state index in [2.05, 4.69) is 11.4 Å². The average Bonchev–Trinajstić information content (AvgIpc) is 2.68. The van der Waals surface area contributed by atoms with Crippen LogP contribution in [-0.4, -0.2) is 72.8 Å². The summed E-state index contributed by atoms with van der Waals surface area (Å²) in [4.78, 5) is 43.0. The van der Waals surface area contributed by atoms with E-state index in [0.29, 0.717) is 32.7 Å². The maximum absolute atomic E-state index is 12.8. The van der Waals surface area contributed by atoms with E-state index in [1.165, 1.54) is 5.57 Å². The van der Waals surface area contributed by atoms with Gasteiger partial charge in [0.25, 0.3) is 0 Å². The van der Waals surface area contributed by atoms with Crippen molar-refractivity contribution in [3.8, 4) is 0 Å². The van der Waals surface area contributed by atoms with Gasteiger partial charge >= 0.3 is 0 Å². The zero-order chi connectivity index (χ0) is 20.1. The zero-order valence-corrected chi connectivity index (χ0v) is 16.6. The Hall–Kier alpha value is -2.67. The van der Waals surface area contributed by atoms with Crippen LogP contribution in [0.4, 0.5) is 5.69 Å². The molecule has 2 saturated heterocycles. The topological polar surface area (TPSA) is 73.0 Å². The van der Waals surface area contributed by atoms with Crippen molar-refractivity contribution < 1.29 is 14.4 Å². The second kappa shape index (κ2) is 9.01. The van der Waals surface area contributed by atoms with E-state index in [-0.39, 0.29) is 30.7 Å². The lowest BCUT2D eigenvalue weighted by Gasteiger charge is -2.37. The smallest absolute Gasteiger partial charge is 0.246 e. The highest BCUT2D eigenvalue weighted by Crippen LogP contribution is 2.18. The van der Waals surface area contributed by atoms with Gasteiger partial charge in [0.1, 0.15) is 6.54 Å². The minimum absolute atomic E-state index is 0.0516. The van der Waals surface area contributed by atoms with Crippen molar-refractivity contribution >= 4 is 23.4 Å². The van der Waals surface area contributed by atoms with Crippen LogP contribution in [0.2, 0.25) is 0 Å². The first kappa shape index (κ1) is 20.1. The van der Waals surface area contributed by atoms with Gasteiger partial charge in [-0.2, -0.15) is 0 Å². The molecule has 0 aliphatic carbocycles. The number of carbonyl (C=O) groups excluding carboxylic acids is 3. The lowest BCUT2D eigenvalue weighted by Crippen LogP contribution is -2.58. The number of benzene rings is 1. The Bertz CT molecular complexity index is 758. The summed E-state index contributed by atoms with van der Waals surface area (Å²) in [5, 5.41) is 2.85. The molecule has 2 aliphatic rings. The third kappa shape index (κ3) is 4.78. The first-order valence-corrected chi connectivity index (χ1v) is 9.74. The molecule has 1 atom stereocenters. The maximum Gasteiger partial charge on any atom is 0.246 e. The SMILES string of the molecule is CC(C)=CCN1CCNC(=O)C1CC(=O)N1CCN(c2ccccc2)C(=O)C1. The Balaban J connectivity index is 1.61. The van der Waals surface area contributed by atoms with E-state index in [0.717, 1.165) is 5.69 Å². The molecule has 1 N–H and O–H groups in total. The third-order valence-corrected chi connectivity index (χ3v) is 5.18. The number of amides is 3. The number of hydrogen-bond acceptors (Lipinski definition) is 4. The van der Waals surface area contributed by atoms with Crippen LogP contribution < -0.4 is 10.2 Å². The molecule has 2 aliphatic heterocycles. The van der Waals surface area contributed by atoms with E-state index in [9.17, 15) is 14.4 Å². The number of rotatable bonds is 5. The fourth-order valence-electron chi connectivity index (χ4n) is 3.56. The Labute approximate surface area is 166 Å². The maximum atomic E-state index is 12.8. The fraction of sp³-hybridized carbons (Fsp3) is 0.476. The van der Waals surface area contributed by atoms with Crippen LogP contribution in [0, 0.1) is 0 Å². The Morgan fingerprint density at radius 2 is 1.89 bits per heavy atom. The van der Waals surface area contributed by atoms with Crippen LogP contribution in [0.25, 0.3) is 0 Å². The van der Waals surface area contributed by atoms with Crippen LogP contribution in [0.1, 0.15) is 20.3 Å². The summed E-state index contributed by atoms with van der Waals surface area (Å²) in [7, 11) is 0. The Morgan fingerprint density at radius 1 is 1.14 bits per heavy atom. The molecule has 0 spiro atoms. The number of carbonyl (C=O) groups is 3. The second-order valence-electron chi connectivity index (χ2n) is 7.48. The summed E-state index contributed by atoms with van der Waals surface area (Å²) in [5.41, 5.74) is 2.03. The molecular weight excluding hydrogens is 356 g/mol. The fourth-order valence-corrected chi connectivity index (χ4v) is 3.56. The van der Waals surface area contributed by atoms with Crippen molar-refractivity contribution in [2.24, 2.45) is 0 Å². The third-order valence-electron chi connectivity index (χ3n) is 5.18. The molecule has 3 amide bonds. The van der Waals surface area contributed by atoms with Gasteiger partial charge in [0, 0.05) is 38.4 Å². The van der Waals surface area contributed by atoms with E-state index < -0.39 is 6.04 Å². The highest BCUT2D eigenvalue weighted by Gasteiger charge is 2.34. The molecule has 1 unspecified atom stereocenters. The summed E-state index contributed by atoms with van der Waals surface area (Å²) in [6.07, 6.45) is 2.17. The standard InChI is InChI=1S/C21H28N4O3/c1-16(2)8-10-23-11-9-22-21(28)18(23)14-19(26)24-12-13-25(20(27)15-24)17-6-4-3-5-7-17/h3-8,18H,9-15H2,1-2H3,(H,22,28). The molecule has 150 valence electrons. The lowest BCUT2D eigenvalue weighted by molar-refractivity contribution is -0.141. The Kier molecular flexibility index (Phi) is 6.46. The van der Waals surface area contributed by atoms with Crippen molar-refractivity contribution in [1.29, 1.82) is 0 Å². The quantitative estimate of drug-likeness (QED) is 0.770. The molecule has 1 aromatic rings. The average molecular weight is 384 g/mol. The van der Waals surface area contributed by atoms with Gasteiger partial charge in [-0.3, -0.25) is 19.3 Å². The van der Waals surface area contributed by atoms with Gasteiger partial charge in [0.05, 0.1) is 12.5 Å². The van der Waals surface area contributed by atoms with Crippen molar-refractivity contribution in [3.05, 3.63) is 42.0 Å². The number of piperazine rings is 2. The molecule has 3 rings (SSSR count). The summed E-state index contributed by atoms with van der Waals surface area (Å²) in [6.45, 7) is 6.98. The minimum atomic E-state index is -0.487. The van der Waals surface area contributed by atoms with Crippen molar-refractivity contribution in [2.75, 3.05) is 44.2 Å². The van der Waals surface area contributed by atoms with E-state index in [1.807, 2.05) is 49.1 Å². The molecule has 0 aromatic heterocycles. The van der Waals surface area contributed by atoms with Gasteiger partial charge in [-0.05, 0) is 26.0 Å². The van der Waals surface area contributed by atoms with E-state index in [4.69, 9.17) is 0 Å². The molecule has 0 saturated carbocycles. The van der Waals surface area contributed by atoms with Crippen LogP contribution in [-0.2, 0) is 14.4 Å². The van der Waals surface area contributed by atoms with Crippen LogP contribution >= 0.6 is 0 Å². The largest absolute Gasteiger partial charge is 0.353 e. The molecule has 7 heteroatoms. The Morgan fingerprint density at radius 3 is 2.57 bits per heavy atom. The molecule has 7 nitrogen and oxygen atoms in total. The predicted molar refractivity (Wildman–Crippen MR) is 108 cm³/mol. The van der Waals surface area contributed by atoms with Crippen molar-refractivity contribution in [1.82, 2.24) is 15.1 Å². The molecule has 0 radical (unpaired) electrons. The van der Waals surface area contributed by atoms with Gasteiger partial charge in [-0.15, -0.1) is 0 Å². The number of anilines is 1. The minimum Gasteiger partial charge on any atom is -0.353 e. The molecule has 0 bridgehead atoms. The summed E-state index contributed by atoms with van der Waals surface area (Å²) in [6, 6.07) is 8.99. The first-order chi connectivity index (χ1) is 13.5. The molecule has 2 fully saturated rings. The first-order valence-electron chi connectivity index (χ1n) is 9.74. The number of nitrogens with one attached hydrogen (secondary N) is 1. The normalized spacial score (nSPS) is 20.7. The van der Waals surface area contributed by atoms with Gasteiger partial charge in [-0.25, -0.2) is 0 Å². The zero-order valence-electron chi connectivity index (χ0n) is 16.6. The summed E-state index contributed by atoms with van der Waals surface area (Å²) in [5.74, 6) is -0.360. The number of hydrogen-bond donors (Lipinski definition) is 1. The number of nitrogens with zero attached hydrogens (tertiary/aromatic N) is 3. The highest BCUT2D eigenvalue weighted by atomic mass is 16.2. The predicted octanol–water partition coefficient (Wildman–Crippen LogP) is 1.02. The van der Waals surface area contributed by atoms with Gasteiger partial charge in [0.15, 0.2) is 0 Å². The van der Waals surface area contributed by atoms with Crippen LogP contribution in [0.5, 0.6) is 0 Å². The van der Waals surface area contributed by atoms with Crippen molar-refractivity contribution in [2.45, 2.75) is 26.3 Å². The molecular formula is C21H28N4O3. The van der Waals surface area contributed by atoms with Crippen molar-refractivity contribution in [3.63, 3.8) is 0 Å². The van der Waals surface area contributed by atoms with Crippen LogP contribution in [0.3, 0.4) is 0 Å². The van der Waals surface area contributed by atoms with Gasteiger partial charge in [0.2, 0.25) is 17.7 Å². The number of allylic oxidation sites excluding steroid dienone is 1. The second-order valence-corrected chi connectivity index (χ2v) is 7.48. The van der Waals surface area contributed by atoms with Gasteiger partial charge < -0.3 is 15.1 Å².